The van der Waals surface area contributed by atoms with Gasteiger partial charge in [-0.05, 0) is 24.3 Å². The highest BCUT2D eigenvalue weighted by molar-refractivity contribution is 7.89. The number of pyridine rings is 1. The summed E-state index contributed by atoms with van der Waals surface area (Å²) in [5.74, 6) is 0.452. The van der Waals surface area contributed by atoms with Crippen molar-refractivity contribution >= 4 is 39.3 Å². The predicted molar refractivity (Wildman–Crippen MR) is 81.4 cm³/mol. The van der Waals surface area contributed by atoms with Gasteiger partial charge in [-0.25, -0.2) is 18.4 Å². The Morgan fingerprint density at radius 3 is 2.67 bits per heavy atom. The Hall–Kier alpha value is -1.96. The fourth-order valence-corrected chi connectivity index (χ4v) is 3.47. The number of aromatic nitrogens is 1. The van der Waals surface area contributed by atoms with Crippen molar-refractivity contribution in [3.05, 3.63) is 48.7 Å². The fraction of sp³-hybridized carbons (Fsp3) is 0.0769. The number of hydrogen-bond donors (Lipinski definition) is 2. The Balaban J connectivity index is 1.89. The fourth-order valence-electron chi connectivity index (χ4n) is 1.88. The second kappa shape index (κ2) is 5.10. The van der Waals surface area contributed by atoms with E-state index in [4.69, 9.17) is 11.6 Å². The average Bonchev–Trinajstić information content (AvgIpc) is 2.47. The molecule has 108 valence electrons. The molecule has 2 aromatic rings. The molecule has 1 aromatic heterocycles. The van der Waals surface area contributed by atoms with Crippen molar-refractivity contribution in [1.29, 1.82) is 0 Å². The quantitative estimate of drug-likeness (QED) is 0.669. The number of alkyl halides is 1. The molecule has 0 radical (unpaired) electrons. The Morgan fingerprint density at radius 2 is 1.90 bits per heavy atom. The molecule has 1 aromatic carbocycles. The predicted octanol–water partition coefficient (Wildman–Crippen LogP) is 2.08. The van der Waals surface area contributed by atoms with Crippen molar-refractivity contribution < 1.29 is 8.42 Å². The van der Waals surface area contributed by atoms with E-state index in [9.17, 15) is 8.42 Å². The summed E-state index contributed by atoms with van der Waals surface area (Å²) < 4.78 is 27.0. The zero-order chi connectivity index (χ0) is 14.9. The lowest BCUT2D eigenvalue weighted by molar-refractivity contribution is 0.574. The largest absolute Gasteiger partial charge is 0.346 e. The summed E-state index contributed by atoms with van der Waals surface area (Å²) in [5, 5.41) is 1.33. The molecule has 1 aliphatic heterocycles. The summed E-state index contributed by atoms with van der Waals surface area (Å²) in [6.45, 7) is 0. The first-order chi connectivity index (χ1) is 9.99. The highest BCUT2D eigenvalue weighted by atomic mass is 35.5. The standard InChI is InChI=1S/C13H11ClN4O2S/c14-13(9-16-12-11(17-13)7-4-8-15-12)18-21(19,20)10-5-2-1-3-6-10/h1-9,17-18H. The van der Waals surface area contributed by atoms with Crippen molar-refractivity contribution in [3.63, 3.8) is 0 Å². The maximum Gasteiger partial charge on any atom is 0.243 e. The second-order valence-corrected chi connectivity index (χ2v) is 6.67. The van der Waals surface area contributed by atoms with E-state index < -0.39 is 15.1 Å². The molecule has 2 N–H and O–H groups in total. The van der Waals surface area contributed by atoms with Crippen LogP contribution in [-0.2, 0) is 10.0 Å². The normalized spacial score (nSPS) is 20.6. The molecule has 0 fully saturated rings. The van der Waals surface area contributed by atoms with E-state index in [1.807, 2.05) is 0 Å². The van der Waals surface area contributed by atoms with E-state index in [2.05, 4.69) is 20.0 Å². The summed E-state index contributed by atoms with van der Waals surface area (Å²) in [5.41, 5.74) is 0.547. The average molecular weight is 323 g/mol. The smallest absolute Gasteiger partial charge is 0.243 e. The first kappa shape index (κ1) is 14.0. The number of aliphatic imine (C=N–C) groups is 1. The van der Waals surface area contributed by atoms with Crippen LogP contribution in [-0.4, -0.2) is 24.7 Å². The molecule has 0 spiro atoms. The maximum atomic E-state index is 12.3. The summed E-state index contributed by atoms with van der Waals surface area (Å²) in [6.07, 6.45) is 2.86. The minimum Gasteiger partial charge on any atom is -0.346 e. The van der Waals surface area contributed by atoms with Gasteiger partial charge in [0.15, 0.2) is 5.82 Å². The highest BCUT2D eigenvalue weighted by Gasteiger charge is 2.34. The Morgan fingerprint density at radius 1 is 1.14 bits per heavy atom. The molecule has 1 aliphatic rings. The molecule has 1 atom stereocenters. The first-order valence-electron chi connectivity index (χ1n) is 6.05. The van der Waals surface area contributed by atoms with Crippen LogP contribution in [0.1, 0.15) is 0 Å². The van der Waals surface area contributed by atoms with Crippen LogP contribution in [0.25, 0.3) is 0 Å². The van der Waals surface area contributed by atoms with Crippen LogP contribution in [0.3, 0.4) is 0 Å². The second-order valence-electron chi connectivity index (χ2n) is 4.39. The Labute approximate surface area is 126 Å². The molecule has 3 rings (SSSR count). The van der Waals surface area contributed by atoms with Gasteiger partial charge in [0, 0.05) is 6.20 Å². The Kier molecular flexibility index (Phi) is 3.40. The minimum absolute atomic E-state index is 0.122. The van der Waals surface area contributed by atoms with E-state index in [1.54, 1.807) is 36.5 Å². The number of fused-ring (bicyclic) bond motifs is 1. The first-order valence-corrected chi connectivity index (χ1v) is 7.91. The number of anilines is 1. The van der Waals surface area contributed by atoms with Crippen LogP contribution in [0.4, 0.5) is 11.5 Å². The monoisotopic (exact) mass is 322 g/mol. The molecule has 1 unspecified atom stereocenters. The third kappa shape index (κ3) is 2.90. The van der Waals surface area contributed by atoms with Gasteiger partial charge in [0.2, 0.25) is 15.1 Å². The highest BCUT2D eigenvalue weighted by Crippen LogP contribution is 2.30. The molecule has 21 heavy (non-hydrogen) atoms. The zero-order valence-corrected chi connectivity index (χ0v) is 12.3. The number of hydrogen-bond acceptors (Lipinski definition) is 5. The van der Waals surface area contributed by atoms with E-state index in [0.29, 0.717) is 11.5 Å². The van der Waals surface area contributed by atoms with Crippen molar-refractivity contribution in [2.24, 2.45) is 4.99 Å². The van der Waals surface area contributed by atoms with Crippen LogP contribution < -0.4 is 10.0 Å². The van der Waals surface area contributed by atoms with Gasteiger partial charge >= 0.3 is 0 Å². The third-order valence-electron chi connectivity index (χ3n) is 2.80. The summed E-state index contributed by atoms with van der Waals surface area (Å²) in [7, 11) is -3.78. The summed E-state index contributed by atoms with van der Waals surface area (Å²) in [6, 6.07) is 11.4. The summed E-state index contributed by atoms with van der Waals surface area (Å²) in [4.78, 5) is 8.23. The van der Waals surface area contributed by atoms with E-state index in [0.717, 1.165) is 0 Å². The Bertz CT molecular complexity index is 795. The molecule has 0 saturated heterocycles. The number of nitrogens with zero attached hydrogens (tertiary/aromatic N) is 2. The molecular weight excluding hydrogens is 312 g/mol. The third-order valence-corrected chi connectivity index (χ3v) is 4.69. The number of nitrogens with one attached hydrogen (secondary N) is 2. The van der Waals surface area contributed by atoms with E-state index in [1.165, 1.54) is 18.3 Å². The van der Waals surface area contributed by atoms with Crippen LogP contribution in [0, 0.1) is 0 Å². The van der Waals surface area contributed by atoms with Gasteiger partial charge in [-0.1, -0.05) is 29.8 Å². The molecule has 0 aliphatic carbocycles. The number of benzene rings is 1. The molecule has 8 heteroatoms. The van der Waals surface area contributed by atoms with Crippen LogP contribution in [0.15, 0.2) is 58.5 Å². The van der Waals surface area contributed by atoms with Crippen molar-refractivity contribution in [2.75, 3.05) is 5.32 Å². The number of rotatable bonds is 3. The molecule has 6 nitrogen and oxygen atoms in total. The molecule has 0 bridgehead atoms. The zero-order valence-electron chi connectivity index (χ0n) is 10.7. The van der Waals surface area contributed by atoms with Crippen LogP contribution in [0.2, 0.25) is 0 Å². The van der Waals surface area contributed by atoms with Crippen LogP contribution in [0.5, 0.6) is 0 Å². The van der Waals surface area contributed by atoms with Gasteiger partial charge in [0.25, 0.3) is 0 Å². The molecule has 0 saturated carbocycles. The van der Waals surface area contributed by atoms with Crippen molar-refractivity contribution in [3.8, 4) is 0 Å². The lowest BCUT2D eigenvalue weighted by Crippen LogP contribution is -2.52. The minimum atomic E-state index is -3.78. The van der Waals surface area contributed by atoms with Crippen molar-refractivity contribution in [1.82, 2.24) is 9.71 Å². The van der Waals surface area contributed by atoms with Gasteiger partial charge in [0.05, 0.1) is 16.8 Å². The SMILES string of the molecule is O=S(=O)(NC1(Cl)C=Nc2ncccc2N1)c1ccccc1. The summed E-state index contributed by atoms with van der Waals surface area (Å²) >= 11 is 6.26. The van der Waals surface area contributed by atoms with Gasteiger partial charge in [0.1, 0.15) is 0 Å². The topological polar surface area (TPSA) is 83.5 Å². The van der Waals surface area contributed by atoms with Gasteiger partial charge in [-0.3, -0.25) is 0 Å². The van der Waals surface area contributed by atoms with Gasteiger partial charge in [-0.15, -0.1) is 0 Å². The van der Waals surface area contributed by atoms with Gasteiger partial charge in [-0.2, -0.15) is 4.72 Å². The number of sulfonamides is 1. The lowest BCUT2D eigenvalue weighted by Gasteiger charge is -2.29. The van der Waals surface area contributed by atoms with E-state index >= 15 is 0 Å². The van der Waals surface area contributed by atoms with Crippen molar-refractivity contribution in [2.45, 2.75) is 10.0 Å². The number of halogens is 1. The molecule has 2 heterocycles. The molecular formula is C13H11ClN4O2S. The van der Waals surface area contributed by atoms with Gasteiger partial charge < -0.3 is 5.32 Å². The van der Waals surface area contributed by atoms with E-state index in [-0.39, 0.29) is 4.90 Å². The van der Waals surface area contributed by atoms with Crippen LogP contribution >= 0.6 is 11.6 Å². The lowest BCUT2D eigenvalue weighted by atomic mass is 10.3. The maximum absolute atomic E-state index is 12.3. The molecule has 0 amide bonds.